The second-order valence-electron chi connectivity index (χ2n) is 10.7. The predicted octanol–water partition coefficient (Wildman–Crippen LogP) is 7.86. The molecule has 0 N–H and O–H groups in total. The molecule has 0 spiro atoms. The Kier molecular flexibility index (Phi) is 6.13. The highest BCUT2D eigenvalue weighted by Gasteiger charge is 2.42. The van der Waals surface area contributed by atoms with Crippen LogP contribution >= 0.6 is 0 Å². The molecule has 0 heteroatoms. The molecule has 0 bridgehead atoms. The Morgan fingerprint density at radius 2 is 1.04 bits per heavy atom. The van der Waals surface area contributed by atoms with Gasteiger partial charge in [-0.15, -0.1) is 0 Å². The van der Waals surface area contributed by atoms with E-state index in [0.29, 0.717) is 0 Å². The zero-order valence-electron chi connectivity index (χ0n) is 17.2. The highest BCUT2D eigenvalue weighted by molar-refractivity contribution is 4.93. The van der Waals surface area contributed by atoms with Gasteiger partial charge in [-0.25, -0.2) is 0 Å². The Morgan fingerprint density at radius 3 is 1.48 bits per heavy atom. The number of fused-ring (bicyclic) bond motifs is 2. The highest BCUT2D eigenvalue weighted by Crippen LogP contribution is 2.52. The van der Waals surface area contributed by atoms with E-state index in [9.17, 15) is 0 Å². The predicted molar refractivity (Wildman–Crippen MR) is 109 cm³/mol. The molecule has 4 fully saturated rings. The number of hydrogen-bond acceptors (Lipinski definition) is 0. The normalized spacial score (nSPS) is 44.4. The highest BCUT2D eigenvalue weighted by atomic mass is 14.5. The minimum absolute atomic E-state index is 0.968. The number of hydrogen-bond donors (Lipinski definition) is 0. The molecule has 4 aliphatic carbocycles. The van der Waals surface area contributed by atoms with Gasteiger partial charge in [0.05, 0.1) is 0 Å². The Hall–Kier alpha value is 0. The molecule has 7 atom stereocenters. The molecule has 144 valence electrons. The molecule has 4 saturated carbocycles. The van der Waals surface area contributed by atoms with E-state index >= 15 is 0 Å². The molecule has 7 unspecified atom stereocenters. The molecule has 0 radical (unpaired) electrons. The Morgan fingerprint density at radius 1 is 0.600 bits per heavy atom. The summed E-state index contributed by atoms with van der Waals surface area (Å²) in [4.78, 5) is 0. The minimum atomic E-state index is 0.968. The van der Waals surface area contributed by atoms with Crippen LogP contribution in [0.1, 0.15) is 110 Å². The van der Waals surface area contributed by atoms with Gasteiger partial charge in [0.2, 0.25) is 0 Å². The fourth-order valence-electron chi connectivity index (χ4n) is 8.10. The van der Waals surface area contributed by atoms with Crippen molar-refractivity contribution in [3.8, 4) is 0 Å². The molecule has 0 aliphatic heterocycles. The van der Waals surface area contributed by atoms with E-state index in [4.69, 9.17) is 0 Å². The van der Waals surface area contributed by atoms with Crippen LogP contribution in [0.25, 0.3) is 0 Å². The van der Waals surface area contributed by atoms with Crippen molar-refractivity contribution in [2.45, 2.75) is 110 Å². The monoisotopic (exact) mass is 344 g/mol. The molecule has 0 aromatic heterocycles. The van der Waals surface area contributed by atoms with Crippen LogP contribution in [0.4, 0.5) is 0 Å². The van der Waals surface area contributed by atoms with E-state index in [0.717, 1.165) is 47.3 Å². The van der Waals surface area contributed by atoms with Gasteiger partial charge >= 0.3 is 0 Å². The summed E-state index contributed by atoms with van der Waals surface area (Å²) in [5, 5.41) is 0. The third-order valence-corrected chi connectivity index (χ3v) is 9.55. The average molecular weight is 345 g/mol. The molecule has 0 heterocycles. The lowest BCUT2D eigenvalue weighted by molar-refractivity contribution is 0.0133. The maximum Gasteiger partial charge on any atom is -0.0332 e. The van der Waals surface area contributed by atoms with Crippen LogP contribution in [-0.4, -0.2) is 0 Å². The van der Waals surface area contributed by atoms with Crippen molar-refractivity contribution in [1.82, 2.24) is 0 Å². The van der Waals surface area contributed by atoms with Crippen LogP contribution in [-0.2, 0) is 0 Å². The van der Waals surface area contributed by atoms with Crippen molar-refractivity contribution >= 4 is 0 Å². The fourth-order valence-corrected chi connectivity index (χ4v) is 8.10. The van der Waals surface area contributed by atoms with Gasteiger partial charge in [0.25, 0.3) is 0 Å². The Balaban J connectivity index is 1.44. The summed E-state index contributed by atoms with van der Waals surface area (Å²) >= 11 is 0. The maximum absolute atomic E-state index is 2.62. The molecule has 0 aromatic rings. The van der Waals surface area contributed by atoms with Crippen LogP contribution in [0, 0.1) is 47.3 Å². The van der Waals surface area contributed by atoms with Crippen molar-refractivity contribution in [2.75, 3.05) is 0 Å². The molecule has 25 heavy (non-hydrogen) atoms. The maximum atomic E-state index is 2.62. The first-order valence-electron chi connectivity index (χ1n) is 12.3. The summed E-state index contributed by atoms with van der Waals surface area (Å²) in [6.07, 6.45) is 23.4. The quantitative estimate of drug-likeness (QED) is 0.487. The first-order valence-corrected chi connectivity index (χ1v) is 12.3. The van der Waals surface area contributed by atoms with Gasteiger partial charge in [-0.1, -0.05) is 71.6 Å². The van der Waals surface area contributed by atoms with Crippen LogP contribution in [0.3, 0.4) is 0 Å². The van der Waals surface area contributed by atoms with Crippen LogP contribution in [0.15, 0.2) is 0 Å². The van der Waals surface area contributed by atoms with Crippen molar-refractivity contribution in [2.24, 2.45) is 47.3 Å². The molecule has 0 aromatic carbocycles. The third kappa shape index (κ3) is 3.98. The van der Waals surface area contributed by atoms with Gasteiger partial charge < -0.3 is 0 Å². The first-order chi connectivity index (χ1) is 12.3. The van der Waals surface area contributed by atoms with Gasteiger partial charge in [0, 0.05) is 0 Å². The van der Waals surface area contributed by atoms with Gasteiger partial charge in [-0.3, -0.25) is 0 Å². The van der Waals surface area contributed by atoms with Crippen LogP contribution in [0.5, 0.6) is 0 Å². The summed E-state index contributed by atoms with van der Waals surface area (Å²) in [5.74, 6) is 8.67. The van der Waals surface area contributed by atoms with E-state index in [2.05, 4.69) is 13.8 Å². The lowest BCUT2D eigenvalue weighted by Gasteiger charge is -2.49. The van der Waals surface area contributed by atoms with Gasteiger partial charge in [-0.05, 0) is 85.9 Å². The zero-order chi connectivity index (χ0) is 17.2. The summed E-state index contributed by atoms with van der Waals surface area (Å²) in [6, 6.07) is 0. The second-order valence-corrected chi connectivity index (χ2v) is 10.7. The first kappa shape index (κ1) is 18.4. The zero-order valence-corrected chi connectivity index (χ0v) is 17.2. The Bertz CT molecular complexity index is 378. The molecule has 0 amide bonds. The Labute approximate surface area is 157 Å². The number of rotatable bonds is 4. The van der Waals surface area contributed by atoms with Crippen molar-refractivity contribution in [3.05, 3.63) is 0 Å². The standard InChI is InChI=1S/C25H44/c1-3-18(2)25(23-14-12-19-8-4-6-10-21(19)16-23)24-15-13-20-9-5-7-11-22(20)17-24/h18-25H,3-17H2,1-2H3. The summed E-state index contributed by atoms with van der Waals surface area (Å²) in [5.41, 5.74) is 0. The third-order valence-electron chi connectivity index (χ3n) is 9.55. The van der Waals surface area contributed by atoms with Crippen LogP contribution < -0.4 is 0 Å². The second kappa shape index (κ2) is 8.35. The van der Waals surface area contributed by atoms with E-state index < -0.39 is 0 Å². The topological polar surface area (TPSA) is 0 Å². The SMILES string of the molecule is CCC(C)C(C1CCC2CCCCC2C1)C1CCC2CCCCC2C1. The summed E-state index contributed by atoms with van der Waals surface area (Å²) < 4.78 is 0. The summed E-state index contributed by atoms with van der Waals surface area (Å²) in [6.45, 7) is 5.08. The van der Waals surface area contributed by atoms with Crippen molar-refractivity contribution in [3.63, 3.8) is 0 Å². The van der Waals surface area contributed by atoms with Crippen molar-refractivity contribution in [1.29, 1.82) is 0 Å². The lowest BCUT2D eigenvalue weighted by Crippen LogP contribution is -2.39. The van der Waals surface area contributed by atoms with E-state index in [1.165, 1.54) is 32.1 Å². The summed E-state index contributed by atoms with van der Waals surface area (Å²) in [7, 11) is 0. The molecule has 4 rings (SSSR count). The molecular weight excluding hydrogens is 300 g/mol. The van der Waals surface area contributed by atoms with Crippen molar-refractivity contribution < 1.29 is 0 Å². The van der Waals surface area contributed by atoms with Gasteiger partial charge in [-0.2, -0.15) is 0 Å². The lowest BCUT2D eigenvalue weighted by atomic mass is 9.57. The van der Waals surface area contributed by atoms with Crippen LogP contribution in [0.2, 0.25) is 0 Å². The molecular formula is C25H44. The fraction of sp³-hybridized carbons (Fsp3) is 1.00. The molecule has 0 saturated heterocycles. The molecule has 0 nitrogen and oxygen atoms in total. The average Bonchev–Trinajstić information content (AvgIpc) is 2.68. The molecule has 4 aliphatic rings. The van der Waals surface area contributed by atoms with E-state index in [-0.39, 0.29) is 0 Å². The largest absolute Gasteiger partial charge is 0.0651 e. The van der Waals surface area contributed by atoms with Gasteiger partial charge in [0.1, 0.15) is 0 Å². The smallest absolute Gasteiger partial charge is 0.0332 e. The van der Waals surface area contributed by atoms with E-state index in [1.54, 1.807) is 64.2 Å². The van der Waals surface area contributed by atoms with Gasteiger partial charge in [0.15, 0.2) is 0 Å². The van der Waals surface area contributed by atoms with E-state index in [1.807, 2.05) is 0 Å². The minimum Gasteiger partial charge on any atom is -0.0651 e.